The number of methoxy groups -OCH3 is 2. The fraction of sp³-hybridized carbons (Fsp3) is 0.480. The molecule has 0 spiro atoms. The van der Waals surface area contributed by atoms with Crippen LogP contribution in [-0.2, 0) is 11.2 Å². The van der Waals surface area contributed by atoms with Gasteiger partial charge in [-0.05, 0) is 79.8 Å². The molecule has 1 amide bonds. The Labute approximate surface area is 178 Å². The van der Waals surface area contributed by atoms with Crippen molar-refractivity contribution in [1.29, 1.82) is 0 Å². The van der Waals surface area contributed by atoms with Crippen LogP contribution in [0.15, 0.2) is 42.5 Å². The summed E-state index contributed by atoms with van der Waals surface area (Å²) in [7, 11) is 3.29. The molecule has 2 fully saturated rings. The molecular weight excluding hydrogens is 381 g/mol. The summed E-state index contributed by atoms with van der Waals surface area (Å²) in [5.74, 6) is 1.82. The van der Waals surface area contributed by atoms with Crippen molar-refractivity contribution < 1.29 is 18.7 Å². The number of halogens is 1. The van der Waals surface area contributed by atoms with Crippen LogP contribution in [0.1, 0.15) is 49.1 Å². The van der Waals surface area contributed by atoms with E-state index >= 15 is 0 Å². The molecule has 0 radical (unpaired) electrons. The van der Waals surface area contributed by atoms with E-state index in [9.17, 15) is 9.18 Å². The summed E-state index contributed by atoms with van der Waals surface area (Å²) < 4.78 is 23.9. The molecule has 2 aliphatic rings. The molecule has 4 rings (SSSR count). The number of carbonyl (C=O) groups excluding carboxylic acids is 1. The Morgan fingerprint density at radius 3 is 2.57 bits per heavy atom. The van der Waals surface area contributed by atoms with Crippen molar-refractivity contribution in [3.05, 3.63) is 59.4 Å². The number of likely N-dealkylation sites (tertiary alicyclic amines) is 1. The largest absolute Gasteiger partial charge is 0.493 e. The number of ether oxygens (including phenoxy) is 2. The van der Waals surface area contributed by atoms with Crippen LogP contribution >= 0.6 is 0 Å². The van der Waals surface area contributed by atoms with Crippen LogP contribution in [0, 0.1) is 11.7 Å². The molecule has 1 saturated heterocycles. The lowest BCUT2D eigenvalue weighted by Crippen LogP contribution is -2.44. The van der Waals surface area contributed by atoms with Crippen molar-refractivity contribution in [2.75, 3.05) is 20.8 Å². The van der Waals surface area contributed by atoms with Gasteiger partial charge in [0.15, 0.2) is 11.5 Å². The van der Waals surface area contributed by atoms with Crippen molar-refractivity contribution in [2.45, 2.75) is 50.5 Å². The number of benzene rings is 2. The lowest BCUT2D eigenvalue weighted by Gasteiger charge is -2.36. The summed E-state index contributed by atoms with van der Waals surface area (Å²) in [6.45, 7) is 0.849. The number of carbonyl (C=O) groups is 1. The van der Waals surface area contributed by atoms with Crippen LogP contribution in [-0.4, -0.2) is 37.6 Å². The summed E-state index contributed by atoms with van der Waals surface area (Å²) in [5.41, 5.74) is 2.27. The molecule has 5 heteroatoms. The predicted octanol–water partition coefficient (Wildman–Crippen LogP) is 4.96. The molecule has 1 aliphatic heterocycles. The second-order valence-electron chi connectivity index (χ2n) is 8.41. The van der Waals surface area contributed by atoms with E-state index in [0.717, 1.165) is 55.7 Å². The van der Waals surface area contributed by atoms with E-state index in [1.165, 1.54) is 24.1 Å². The molecule has 3 atom stereocenters. The second-order valence-corrected chi connectivity index (χ2v) is 8.41. The van der Waals surface area contributed by atoms with E-state index < -0.39 is 0 Å². The molecule has 1 aliphatic carbocycles. The average Bonchev–Trinajstić information content (AvgIpc) is 3.58. The third kappa shape index (κ3) is 4.45. The fourth-order valence-electron chi connectivity index (χ4n) is 4.72. The van der Waals surface area contributed by atoms with Crippen molar-refractivity contribution in [2.24, 2.45) is 5.92 Å². The maximum Gasteiger partial charge on any atom is 0.226 e. The number of nitrogens with zero attached hydrogens (tertiary/aromatic N) is 1. The number of rotatable bonds is 7. The molecule has 4 nitrogen and oxygen atoms in total. The first-order valence-electron chi connectivity index (χ1n) is 10.9. The van der Waals surface area contributed by atoms with Crippen LogP contribution < -0.4 is 9.47 Å². The minimum Gasteiger partial charge on any atom is -0.493 e. The Kier molecular flexibility index (Phi) is 6.26. The van der Waals surface area contributed by atoms with E-state index in [0.29, 0.717) is 0 Å². The SMILES string of the molecule is COc1ccc(CC[C@@H]2CCCCN2C(=O)[C@@H]2C[C@@H]2c2ccc(F)cc2)cc1OC. The number of hydrogen-bond donors (Lipinski definition) is 0. The number of piperidine rings is 1. The van der Waals surface area contributed by atoms with E-state index in [-0.39, 0.29) is 29.6 Å². The highest BCUT2D eigenvalue weighted by atomic mass is 19.1. The monoisotopic (exact) mass is 411 g/mol. The molecule has 0 N–H and O–H groups in total. The first-order valence-corrected chi connectivity index (χ1v) is 10.9. The third-order valence-corrected chi connectivity index (χ3v) is 6.53. The zero-order valence-corrected chi connectivity index (χ0v) is 17.8. The van der Waals surface area contributed by atoms with Crippen LogP contribution in [0.2, 0.25) is 0 Å². The molecule has 160 valence electrons. The van der Waals surface area contributed by atoms with Crippen molar-refractivity contribution in [3.8, 4) is 11.5 Å². The standard InChI is InChI=1S/C25H30FNO3/c1-29-23-13-7-17(15-24(23)30-2)6-12-20-5-3-4-14-27(20)25(28)22-16-21(22)18-8-10-19(26)11-9-18/h7-11,13,15,20-22H,3-6,12,14,16H2,1-2H3/t20-,21+,22+/m0/s1. The van der Waals surface area contributed by atoms with Crippen LogP contribution in [0.25, 0.3) is 0 Å². The Morgan fingerprint density at radius 1 is 1.07 bits per heavy atom. The highest BCUT2D eigenvalue weighted by Crippen LogP contribution is 2.49. The molecule has 0 aromatic heterocycles. The van der Waals surface area contributed by atoms with Gasteiger partial charge in [-0.15, -0.1) is 0 Å². The third-order valence-electron chi connectivity index (χ3n) is 6.53. The van der Waals surface area contributed by atoms with E-state index in [2.05, 4.69) is 11.0 Å². The van der Waals surface area contributed by atoms with Gasteiger partial charge < -0.3 is 14.4 Å². The Hall–Kier alpha value is -2.56. The lowest BCUT2D eigenvalue weighted by atomic mass is 9.95. The molecule has 0 unspecified atom stereocenters. The highest BCUT2D eigenvalue weighted by molar-refractivity contribution is 5.83. The van der Waals surface area contributed by atoms with Gasteiger partial charge in [-0.2, -0.15) is 0 Å². The summed E-state index contributed by atoms with van der Waals surface area (Å²) >= 11 is 0. The molecular formula is C25H30FNO3. The van der Waals surface area contributed by atoms with E-state index in [4.69, 9.17) is 9.47 Å². The van der Waals surface area contributed by atoms with Gasteiger partial charge in [0.05, 0.1) is 14.2 Å². The summed E-state index contributed by atoms with van der Waals surface area (Å²) in [6.07, 6.45) is 6.05. The van der Waals surface area contributed by atoms with Gasteiger partial charge >= 0.3 is 0 Å². The Balaban J connectivity index is 1.38. The van der Waals surface area contributed by atoms with Crippen LogP contribution in [0.5, 0.6) is 11.5 Å². The molecule has 30 heavy (non-hydrogen) atoms. The lowest BCUT2D eigenvalue weighted by molar-refractivity contribution is -0.136. The van der Waals surface area contributed by atoms with Gasteiger partial charge in [-0.25, -0.2) is 4.39 Å². The molecule has 2 aromatic carbocycles. The summed E-state index contributed by atoms with van der Waals surface area (Å²) in [5, 5.41) is 0. The van der Waals surface area contributed by atoms with Crippen molar-refractivity contribution in [3.63, 3.8) is 0 Å². The van der Waals surface area contributed by atoms with Crippen LogP contribution in [0.4, 0.5) is 4.39 Å². The summed E-state index contributed by atoms with van der Waals surface area (Å²) in [4.78, 5) is 15.4. The van der Waals surface area contributed by atoms with Gasteiger partial charge in [0.25, 0.3) is 0 Å². The number of aryl methyl sites for hydroxylation is 1. The van der Waals surface area contributed by atoms with Crippen molar-refractivity contribution in [1.82, 2.24) is 4.90 Å². The van der Waals surface area contributed by atoms with Gasteiger partial charge in [-0.1, -0.05) is 18.2 Å². The van der Waals surface area contributed by atoms with Gasteiger partial charge in [-0.3, -0.25) is 4.79 Å². The maximum absolute atomic E-state index is 13.2. The maximum atomic E-state index is 13.2. The van der Waals surface area contributed by atoms with Gasteiger partial charge in [0.1, 0.15) is 5.82 Å². The predicted molar refractivity (Wildman–Crippen MR) is 114 cm³/mol. The molecule has 2 aromatic rings. The first-order chi connectivity index (χ1) is 14.6. The summed E-state index contributed by atoms with van der Waals surface area (Å²) in [6, 6.07) is 12.9. The van der Waals surface area contributed by atoms with Crippen molar-refractivity contribution >= 4 is 5.91 Å². The quantitative estimate of drug-likeness (QED) is 0.646. The number of amides is 1. The smallest absolute Gasteiger partial charge is 0.226 e. The number of hydrogen-bond acceptors (Lipinski definition) is 3. The molecule has 1 heterocycles. The average molecular weight is 412 g/mol. The molecule has 1 saturated carbocycles. The van der Waals surface area contributed by atoms with Gasteiger partial charge in [0.2, 0.25) is 5.91 Å². The zero-order chi connectivity index (χ0) is 21.1. The van der Waals surface area contributed by atoms with E-state index in [1.807, 2.05) is 24.3 Å². The Bertz CT molecular complexity index is 882. The van der Waals surface area contributed by atoms with E-state index in [1.54, 1.807) is 14.2 Å². The van der Waals surface area contributed by atoms with Crippen LogP contribution in [0.3, 0.4) is 0 Å². The minimum absolute atomic E-state index is 0.0529. The zero-order valence-electron chi connectivity index (χ0n) is 17.8. The first kappa shape index (κ1) is 20.7. The molecule has 0 bridgehead atoms. The minimum atomic E-state index is -0.228. The topological polar surface area (TPSA) is 38.8 Å². The van der Waals surface area contributed by atoms with Gasteiger partial charge in [0, 0.05) is 18.5 Å². The Morgan fingerprint density at radius 2 is 1.83 bits per heavy atom. The normalized spacial score (nSPS) is 23.2. The second kappa shape index (κ2) is 9.07. The fourth-order valence-corrected chi connectivity index (χ4v) is 4.72. The highest BCUT2D eigenvalue weighted by Gasteiger charge is 2.47.